The highest BCUT2D eigenvalue weighted by Crippen LogP contribution is 2.61. The number of hydrogen-bond acceptors (Lipinski definition) is 3. The van der Waals surface area contributed by atoms with E-state index >= 15 is 0 Å². The van der Waals surface area contributed by atoms with E-state index in [-0.39, 0.29) is 22.5 Å². The number of hydrogen-bond donors (Lipinski definition) is 0. The second-order valence-corrected chi connectivity index (χ2v) is 7.90. The van der Waals surface area contributed by atoms with Gasteiger partial charge in [-0.15, -0.1) is 0 Å². The summed E-state index contributed by atoms with van der Waals surface area (Å²) < 4.78 is 0. The molecule has 0 aromatic heterocycles. The lowest BCUT2D eigenvalue weighted by Crippen LogP contribution is -2.50. The third-order valence-corrected chi connectivity index (χ3v) is 6.92. The zero-order valence-electron chi connectivity index (χ0n) is 13.6. The molecule has 3 rings (SSSR count). The summed E-state index contributed by atoms with van der Waals surface area (Å²) in [5, 5.41) is 18.9. The number of carbonyl (C=O) groups excluding carboxylic acids is 1. The zero-order valence-corrected chi connectivity index (χ0v) is 13.6. The van der Waals surface area contributed by atoms with Crippen LogP contribution in [0.15, 0.2) is 11.6 Å². The Morgan fingerprint density at radius 3 is 2.68 bits per heavy atom. The van der Waals surface area contributed by atoms with Crippen LogP contribution in [0.3, 0.4) is 0 Å². The van der Waals surface area contributed by atoms with Crippen LogP contribution in [0.2, 0.25) is 0 Å². The van der Waals surface area contributed by atoms with Crippen LogP contribution in [0, 0.1) is 51.2 Å². The maximum Gasteiger partial charge on any atom is 0.155 e. The summed E-state index contributed by atoms with van der Waals surface area (Å²) in [7, 11) is 0. The van der Waals surface area contributed by atoms with Gasteiger partial charge < -0.3 is 0 Å². The highest BCUT2D eigenvalue weighted by atomic mass is 16.1. The van der Waals surface area contributed by atoms with Crippen LogP contribution in [0.4, 0.5) is 0 Å². The minimum absolute atomic E-state index is 0.112. The van der Waals surface area contributed by atoms with Crippen molar-refractivity contribution in [1.29, 1.82) is 10.5 Å². The van der Waals surface area contributed by atoms with Crippen molar-refractivity contribution in [2.24, 2.45) is 28.6 Å². The predicted octanol–water partition coefficient (Wildman–Crippen LogP) is 4.16. The lowest BCUT2D eigenvalue weighted by Gasteiger charge is -2.56. The maximum atomic E-state index is 11.8. The van der Waals surface area contributed by atoms with E-state index in [0.717, 1.165) is 32.1 Å². The van der Waals surface area contributed by atoms with Gasteiger partial charge in [-0.25, -0.2) is 0 Å². The molecule has 0 radical (unpaired) electrons. The third-order valence-electron chi connectivity index (χ3n) is 6.92. The van der Waals surface area contributed by atoms with E-state index < -0.39 is 0 Å². The van der Waals surface area contributed by atoms with E-state index in [0.29, 0.717) is 24.7 Å². The van der Waals surface area contributed by atoms with Crippen molar-refractivity contribution >= 4 is 5.78 Å². The van der Waals surface area contributed by atoms with Crippen LogP contribution in [-0.2, 0) is 4.79 Å². The van der Waals surface area contributed by atoms with Crippen molar-refractivity contribution in [1.82, 2.24) is 0 Å². The van der Waals surface area contributed by atoms with E-state index in [4.69, 9.17) is 0 Å². The number of fused-ring (bicyclic) bond motifs is 3. The summed E-state index contributed by atoms with van der Waals surface area (Å²) in [6.07, 6.45) is 7.92. The Balaban J connectivity index is 1.97. The second-order valence-electron chi connectivity index (χ2n) is 7.90. The quantitative estimate of drug-likeness (QED) is 0.729. The van der Waals surface area contributed by atoms with Gasteiger partial charge in [0.1, 0.15) is 0 Å². The lowest BCUT2D eigenvalue weighted by molar-refractivity contribution is -0.117. The molecule has 0 saturated heterocycles. The summed E-state index contributed by atoms with van der Waals surface area (Å²) in [4.78, 5) is 11.8. The van der Waals surface area contributed by atoms with Crippen molar-refractivity contribution in [2.45, 2.75) is 58.8 Å². The fourth-order valence-corrected chi connectivity index (χ4v) is 5.49. The van der Waals surface area contributed by atoms with E-state index in [1.165, 1.54) is 5.57 Å². The number of ketones is 1. The Morgan fingerprint density at radius 1 is 1.23 bits per heavy atom. The molecule has 0 aromatic carbocycles. The topological polar surface area (TPSA) is 64.7 Å². The van der Waals surface area contributed by atoms with E-state index in [1.54, 1.807) is 0 Å². The number of nitrogens with zero attached hydrogens (tertiary/aromatic N) is 2. The van der Waals surface area contributed by atoms with E-state index in [1.807, 2.05) is 13.0 Å². The molecule has 0 aromatic rings. The van der Waals surface area contributed by atoms with Gasteiger partial charge in [-0.1, -0.05) is 12.5 Å². The van der Waals surface area contributed by atoms with Gasteiger partial charge in [0.15, 0.2) is 5.78 Å². The first-order valence-corrected chi connectivity index (χ1v) is 8.47. The van der Waals surface area contributed by atoms with Crippen LogP contribution in [0.5, 0.6) is 0 Å². The normalized spacial score (nSPS) is 44.1. The molecule has 0 unspecified atom stereocenters. The van der Waals surface area contributed by atoms with Crippen LogP contribution in [0.1, 0.15) is 58.8 Å². The van der Waals surface area contributed by atoms with Crippen LogP contribution in [-0.4, -0.2) is 5.78 Å². The molecular formula is C19H24N2O. The smallest absolute Gasteiger partial charge is 0.155 e. The Labute approximate surface area is 133 Å². The molecule has 3 aliphatic rings. The average molecular weight is 296 g/mol. The molecular weight excluding hydrogens is 272 g/mol. The molecule has 0 N–H and O–H groups in total. The molecule has 2 fully saturated rings. The number of carbonyl (C=O) groups is 1. The fraction of sp³-hybridized carbons (Fsp3) is 0.737. The van der Waals surface area contributed by atoms with Crippen molar-refractivity contribution in [3.05, 3.63) is 11.6 Å². The van der Waals surface area contributed by atoms with Crippen molar-refractivity contribution < 1.29 is 4.79 Å². The molecule has 5 atom stereocenters. The van der Waals surface area contributed by atoms with Crippen molar-refractivity contribution in [3.63, 3.8) is 0 Å². The minimum atomic E-state index is -0.362. The maximum absolute atomic E-state index is 11.8. The molecule has 2 saturated carbocycles. The molecule has 0 heterocycles. The van der Waals surface area contributed by atoms with E-state index in [2.05, 4.69) is 19.1 Å². The fourth-order valence-electron chi connectivity index (χ4n) is 5.49. The highest BCUT2D eigenvalue weighted by molar-refractivity contribution is 5.91. The van der Waals surface area contributed by atoms with Crippen LogP contribution < -0.4 is 0 Å². The predicted molar refractivity (Wildman–Crippen MR) is 83.3 cm³/mol. The molecule has 0 spiro atoms. The Hall–Kier alpha value is -1.61. The van der Waals surface area contributed by atoms with Crippen molar-refractivity contribution in [3.8, 4) is 12.1 Å². The summed E-state index contributed by atoms with van der Waals surface area (Å²) in [5.74, 6) is 1.43. The molecule has 22 heavy (non-hydrogen) atoms. The summed E-state index contributed by atoms with van der Waals surface area (Å²) in [6, 6.07) is 4.85. The largest absolute Gasteiger partial charge is 0.295 e. The SMILES string of the molecule is C[C@]1(C#N)CC[C@H]2[C@@H](CCC3=CC(=O)CC[C@@]32C)[C@@H]1CC#N. The average Bonchev–Trinajstić information content (AvgIpc) is 2.51. The molecule has 3 heteroatoms. The first kappa shape index (κ1) is 15.3. The van der Waals surface area contributed by atoms with Gasteiger partial charge in [-0.3, -0.25) is 4.79 Å². The standard InChI is InChI=1S/C19H24N2O/c1-18(12-21)8-6-17-15(16(18)7-10-20)4-3-13-11-14(22)5-9-19(13,17)2/h11,15-17H,3-9H2,1-2H3/t15-,16-,17-,18+,19-/m0/s1. The van der Waals surface area contributed by atoms with Gasteiger partial charge in [0, 0.05) is 12.8 Å². The van der Waals surface area contributed by atoms with Gasteiger partial charge in [0.25, 0.3) is 0 Å². The lowest BCUT2D eigenvalue weighted by atomic mass is 9.47. The van der Waals surface area contributed by atoms with Crippen molar-refractivity contribution in [2.75, 3.05) is 0 Å². The van der Waals surface area contributed by atoms with Gasteiger partial charge in [0.2, 0.25) is 0 Å². The van der Waals surface area contributed by atoms with Gasteiger partial charge in [-0.05, 0) is 68.3 Å². The summed E-state index contributed by atoms with van der Waals surface area (Å²) >= 11 is 0. The second kappa shape index (κ2) is 5.24. The monoisotopic (exact) mass is 296 g/mol. The minimum Gasteiger partial charge on any atom is -0.295 e. The van der Waals surface area contributed by atoms with Crippen LogP contribution in [0.25, 0.3) is 0 Å². The molecule has 0 amide bonds. The van der Waals surface area contributed by atoms with E-state index in [9.17, 15) is 15.3 Å². The summed E-state index contributed by atoms with van der Waals surface area (Å²) in [5.41, 5.74) is 1.08. The number of nitriles is 2. The molecule has 0 aliphatic heterocycles. The first-order chi connectivity index (χ1) is 10.4. The van der Waals surface area contributed by atoms with Gasteiger partial charge >= 0.3 is 0 Å². The summed E-state index contributed by atoms with van der Waals surface area (Å²) in [6.45, 7) is 4.36. The van der Waals surface area contributed by atoms with Gasteiger partial charge in [-0.2, -0.15) is 10.5 Å². The third kappa shape index (κ3) is 2.11. The molecule has 3 aliphatic carbocycles. The first-order valence-electron chi connectivity index (χ1n) is 8.47. The highest BCUT2D eigenvalue weighted by Gasteiger charge is 2.55. The molecule has 3 nitrogen and oxygen atoms in total. The molecule has 116 valence electrons. The van der Waals surface area contributed by atoms with Gasteiger partial charge in [0.05, 0.1) is 17.6 Å². The zero-order chi connectivity index (χ0) is 16.0. The number of rotatable bonds is 1. The Kier molecular flexibility index (Phi) is 3.64. The Morgan fingerprint density at radius 2 is 2.00 bits per heavy atom. The number of allylic oxidation sites excluding steroid dienone is 2. The Bertz CT molecular complexity index is 608. The van der Waals surface area contributed by atoms with Crippen LogP contribution >= 0.6 is 0 Å². The molecule has 0 bridgehead atoms.